The molecule has 5 rings (SSSR count). The highest BCUT2D eigenvalue weighted by molar-refractivity contribution is 5.94. The van der Waals surface area contributed by atoms with E-state index >= 15 is 0 Å². The molecule has 1 amide bonds. The van der Waals surface area contributed by atoms with E-state index in [9.17, 15) is 4.79 Å². The molecular weight excluding hydrogens is 412 g/mol. The number of nitrogens with zero attached hydrogens (tertiary/aromatic N) is 3. The molecule has 0 spiro atoms. The molecule has 0 fully saturated rings. The Bertz CT molecular complexity index is 1260. The molecule has 6 heteroatoms. The van der Waals surface area contributed by atoms with Crippen LogP contribution in [0.25, 0.3) is 5.69 Å². The minimum absolute atomic E-state index is 0.140. The van der Waals surface area contributed by atoms with Gasteiger partial charge in [-0.25, -0.2) is 4.68 Å². The van der Waals surface area contributed by atoms with Gasteiger partial charge in [0.05, 0.1) is 11.4 Å². The minimum Gasteiger partial charge on any atom is -0.487 e. The van der Waals surface area contributed by atoms with Crippen molar-refractivity contribution in [3.63, 3.8) is 0 Å². The molecule has 1 aliphatic carbocycles. The maximum atomic E-state index is 13.0. The summed E-state index contributed by atoms with van der Waals surface area (Å²) in [7, 11) is 0. The highest BCUT2D eigenvalue weighted by atomic mass is 16.5. The van der Waals surface area contributed by atoms with E-state index in [-0.39, 0.29) is 5.91 Å². The lowest BCUT2D eigenvalue weighted by Crippen LogP contribution is -2.24. The van der Waals surface area contributed by atoms with Gasteiger partial charge >= 0.3 is 0 Å². The van der Waals surface area contributed by atoms with Gasteiger partial charge in [0.25, 0.3) is 5.91 Å². The first-order valence-corrected chi connectivity index (χ1v) is 11.2. The number of ether oxygens (including phenoxy) is 1. The molecule has 4 aromatic rings. The Balaban J connectivity index is 1.27. The van der Waals surface area contributed by atoms with Gasteiger partial charge in [-0.05, 0) is 68.1 Å². The maximum absolute atomic E-state index is 13.0. The van der Waals surface area contributed by atoms with Crippen LogP contribution in [0.4, 0.5) is 0 Å². The summed E-state index contributed by atoms with van der Waals surface area (Å²) < 4.78 is 7.79. The van der Waals surface area contributed by atoms with E-state index in [0.717, 1.165) is 53.2 Å². The zero-order valence-electron chi connectivity index (χ0n) is 18.6. The number of aromatic nitrogens is 3. The number of hydrogen-bond donors (Lipinski definition) is 1. The Morgan fingerprint density at radius 3 is 2.76 bits per heavy atom. The average molecular weight is 439 g/mol. The van der Waals surface area contributed by atoms with Gasteiger partial charge in [-0.3, -0.25) is 9.78 Å². The fourth-order valence-electron chi connectivity index (χ4n) is 4.17. The van der Waals surface area contributed by atoms with Crippen LogP contribution in [-0.4, -0.2) is 20.7 Å². The van der Waals surface area contributed by atoms with Crippen LogP contribution in [0.2, 0.25) is 0 Å². The first-order valence-electron chi connectivity index (χ1n) is 11.2. The quantitative estimate of drug-likeness (QED) is 0.459. The molecule has 2 heterocycles. The SMILES string of the molecule is Cc1ccc(-n2nc(C(=O)NCc3cccc(OCc4ccccn4)c3)c3c2CCC3)cc1. The number of aryl methyl sites for hydroxylation is 1. The standard InChI is InChI=1S/C27H26N4O2/c1-19-11-13-22(14-12-19)31-25-10-5-9-24(25)26(30-31)27(32)29-17-20-6-4-8-23(16-20)33-18-21-7-2-3-15-28-21/h2-4,6-8,11-16H,5,9-10,17-18H2,1H3,(H,29,32). The van der Waals surface area contributed by atoms with Crippen molar-refractivity contribution in [3.05, 3.63) is 107 Å². The topological polar surface area (TPSA) is 69.0 Å². The number of benzene rings is 2. The van der Waals surface area contributed by atoms with Crippen molar-refractivity contribution in [2.24, 2.45) is 0 Å². The maximum Gasteiger partial charge on any atom is 0.272 e. The van der Waals surface area contributed by atoms with Crippen molar-refractivity contribution in [1.82, 2.24) is 20.1 Å². The van der Waals surface area contributed by atoms with Gasteiger partial charge in [-0.2, -0.15) is 5.10 Å². The third kappa shape index (κ3) is 4.65. The molecule has 0 saturated heterocycles. The summed E-state index contributed by atoms with van der Waals surface area (Å²) in [6, 6.07) is 21.8. The van der Waals surface area contributed by atoms with Crippen molar-refractivity contribution >= 4 is 5.91 Å². The summed E-state index contributed by atoms with van der Waals surface area (Å²) in [4.78, 5) is 17.3. The van der Waals surface area contributed by atoms with Gasteiger partial charge in [-0.15, -0.1) is 0 Å². The molecule has 2 aromatic carbocycles. The summed E-state index contributed by atoms with van der Waals surface area (Å²) in [5, 5.41) is 7.73. The zero-order chi connectivity index (χ0) is 22.6. The summed E-state index contributed by atoms with van der Waals surface area (Å²) in [5.41, 5.74) is 6.79. The lowest BCUT2D eigenvalue weighted by molar-refractivity contribution is 0.0944. The zero-order valence-corrected chi connectivity index (χ0v) is 18.6. The number of nitrogens with one attached hydrogen (secondary N) is 1. The molecule has 6 nitrogen and oxygen atoms in total. The van der Waals surface area contributed by atoms with Crippen LogP contribution >= 0.6 is 0 Å². The van der Waals surface area contributed by atoms with E-state index in [2.05, 4.69) is 41.5 Å². The van der Waals surface area contributed by atoms with Crippen LogP contribution in [0.5, 0.6) is 5.75 Å². The third-order valence-electron chi connectivity index (χ3n) is 5.89. The van der Waals surface area contributed by atoms with Gasteiger partial charge < -0.3 is 10.1 Å². The second kappa shape index (κ2) is 9.28. The van der Waals surface area contributed by atoms with Crippen molar-refractivity contribution in [3.8, 4) is 11.4 Å². The minimum atomic E-state index is -0.140. The third-order valence-corrected chi connectivity index (χ3v) is 5.89. The Kier molecular flexibility index (Phi) is 5.89. The number of amides is 1. The smallest absolute Gasteiger partial charge is 0.272 e. The van der Waals surface area contributed by atoms with Crippen LogP contribution in [0, 0.1) is 6.92 Å². The number of carbonyl (C=O) groups excluding carboxylic acids is 1. The molecule has 166 valence electrons. The number of rotatable bonds is 7. The van der Waals surface area contributed by atoms with E-state index in [1.807, 2.05) is 47.1 Å². The molecular formula is C27H26N4O2. The molecule has 2 aromatic heterocycles. The predicted octanol–water partition coefficient (Wildman–Crippen LogP) is 4.57. The normalized spacial score (nSPS) is 12.4. The number of fused-ring (bicyclic) bond motifs is 1. The van der Waals surface area contributed by atoms with Gasteiger partial charge in [-0.1, -0.05) is 35.9 Å². The van der Waals surface area contributed by atoms with Gasteiger partial charge in [0, 0.05) is 24.0 Å². The van der Waals surface area contributed by atoms with Crippen molar-refractivity contribution in [2.75, 3.05) is 0 Å². The van der Waals surface area contributed by atoms with Gasteiger partial charge in [0.15, 0.2) is 5.69 Å². The summed E-state index contributed by atoms with van der Waals surface area (Å²) >= 11 is 0. The van der Waals surface area contributed by atoms with Crippen molar-refractivity contribution in [1.29, 1.82) is 0 Å². The first kappa shape index (κ1) is 20.9. The van der Waals surface area contributed by atoms with Crippen molar-refractivity contribution in [2.45, 2.75) is 39.3 Å². The van der Waals surface area contributed by atoms with Gasteiger partial charge in [0.1, 0.15) is 12.4 Å². The molecule has 0 unspecified atom stereocenters. The second-order valence-electron chi connectivity index (χ2n) is 8.31. The summed E-state index contributed by atoms with van der Waals surface area (Å²) in [6.45, 7) is 2.87. The molecule has 33 heavy (non-hydrogen) atoms. The molecule has 1 aliphatic rings. The molecule has 0 radical (unpaired) electrons. The molecule has 0 bridgehead atoms. The Morgan fingerprint density at radius 2 is 1.94 bits per heavy atom. The van der Waals surface area contributed by atoms with E-state index in [1.54, 1.807) is 6.20 Å². The van der Waals surface area contributed by atoms with Crippen LogP contribution in [-0.2, 0) is 26.0 Å². The van der Waals surface area contributed by atoms with Crippen molar-refractivity contribution < 1.29 is 9.53 Å². The second-order valence-corrected chi connectivity index (χ2v) is 8.31. The lowest BCUT2D eigenvalue weighted by Gasteiger charge is -2.09. The Morgan fingerprint density at radius 1 is 1.06 bits per heavy atom. The Labute approximate surface area is 193 Å². The number of hydrogen-bond acceptors (Lipinski definition) is 4. The number of carbonyl (C=O) groups is 1. The molecule has 0 atom stereocenters. The Hall–Kier alpha value is -3.93. The van der Waals surface area contributed by atoms with E-state index in [4.69, 9.17) is 9.84 Å². The van der Waals surface area contributed by atoms with E-state index in [0.29, 0.717) is 18.8 Å². The molecule has 1 N–H and O–H groups in total. The fraction of sp³-hybridized carbons (Fsp3) is 0.222. The lowest BCUT2D eigenvalue weighted by atomic mass is 10.1. The average Bonchev–Trinajstić information content (AvgIpc) is 3.46. The largest absolute Gasteiger partial charge is 0.487 e. The summed E-state index contributed by atoms with van der Waals surface area (Å²) in [6.07, 6.45) is 4.64. The first-order chi connectivity index (χ1) is 16.2. The van der Waals surface area contributed by atoms with E-state index in [1.165, 1.54) is 5.56 Å². The van der Waals surface area contributed by atoms with E-state index < -0.39 is 0 Å². The molecule has 0 aliphatic heterocycles. The molecule has 0 saturated carbocycles. The van der Waals surface area contributed by atoms with Gasteiger partial charge in [0.2, 0.25) is 0 Å². The van der Waals surface area contributed by atoms with Crippen LogP contribution in [0.3, 0.4) is 0 Å². The highest BCUT2D eigenvalue weighted by Gasteiger charge is 2.26. The monoisotopic (exact) mass is 438 g/mol. The van der Waals surface area contributed by atoms with Crippen LogP contribution in [0.1, 0.15) is 45.0 Å². The van der Waals surface area contributed by atoms with Crippen LogP contribution < -0.4 is 10.1 Å². The predicted molar refractivity (Wildman–Crippen MR) is 127 cm³/mol. The highest BCUT2D eigenvalue weighted by Crippen LogP contribution is 2.28. The number of pyridine rings is 1. The summed E-state index contributed by atoms with van der Waals surface area (Å²) in [5.74, 6) is 0.607. The fourth-order valence-corrected chi connectivity index (χ4v) is 4.17. The van der Waals surface area contributed by atoms with Crippen LogP contribution in [0.15, 0.2) is 72.9 Å².